The van der Waals surface area contributed by atoms with Crippen molar-refractivity contribution in [2.24, 2.45) is 5.92 Å². The Labute approximate surface area is 225 Å². The molecule has 1 saturated heterocycles. The zero-order valence-corrected chi connectivity index (χ0v) is 22.7. The summed E-state index contributed by atoms with van der Waals surface area (Å²) in [5.41, 5.74) is 4.33. The van der Waals surface area contributed by atoms with E-state index in [1.807, 2.05) is 24.3 Å². The highest BCUT2D eigenvalue weighted by Gasteiger charge is 2.37. The minimum absolute atomic E-state index is 0.0222. The number of aromatic nitrogens is 1. The highest BCUT2D eigenvalue weighted by Crippen LogP contribution is 2.38. The van der Waals surface area contributed by atoms with Gasteiger partial charge in [0.25, 0.3) is 5.91 Å². The van der Waals surface area contributed by atoms with E-state index in [0.717, 1.165) is 48.7 Å². The summed E-state index contributed by atoms with van der Waals surface area (Å²) in [6, 6.07) is 16.8. The van der Waals surface area contributed by atoms with Gasteiger partial charge in [0.1, 0.15) is 18.1 Å². The number of fused-ring (bicyclic) bond motifs is 1. The number of hydrogen-bond acceptors (Lipinski definition) is 5. The first kappa shape index (κ1) is 26.3. The third-order valence-electron chi connectivity index (χ3n) is 8.03. The Morgan fingerprint density at radius 2 is 1.89 bits per heavy atom. The van der Waals surface area contributed by atoms with E-state index in [1.54, 1.807) is 7.11 Å². The van der Waals surface area contributed by atoms with Gasteiger partial charge in [0, 0.05) is 56.7 Å². The van der Waals surface area contributed by atoms with Gasteiger partial charge in [0.15, 0.2) is 0 Å². The number of aryl methyl sites for hydroxylation is 1. The Kier molecular flexibility index (Phi) is 8.35. The number of nitrogens with zero attached hydrogens (tertiary/aromatic N) is 2. The minimum Gasteiger partial charge on any atom is -0.493 e. The fraction of sp³-hybridized carbons (Fsp3) is 0.452. The fourth-order valence-electron chi connectivity index (χ4n) is 5.81. The summed E-state index contributed by atoms with van der Waals surface area (Å²) in [5.74, 6) is 2.24. The predicted octanol–water partition coefficient (Wildman–Crippen LogP) is 4.64. The van der Waals surface area contributed by atoms with Crippen molar-refractivity contribution in [3.05, 3.63) is 83.2 Å². The predicted molar refractivity (Wildman–Crippen MR) is 148 cm³/mol. The van der Waals surface area contributed by atoms with Crippen molar-refractivity contribution < 1.29 is 19.0 Å². The van der Waals surface area contributed by atoms with Crippen molar-refractivity contribution in [2.75, 3.05) is 40.0 Å². The van der Waals surface area contributed by atoms with Crippen molar-refractivity contribution in [1.29, 1.82) is 0 Å². The van der Waals surface area contributed by atoms with E-state index in [4.69, 9.17) is 14.2 Å². The van der Waals surface area contributed by atoms with E-state index in [2.05, 4.69) is 65.3 Å². The number of methoxy groups -OCH3 is 1. The van der Waals surface area contributed by atoms with Crippen molar-refractivity contribution in [3.8, 4) is 11.5 Å². The van der Waals surface area contributed by atoms with Crippen LogP contribution in [-0.4, -0.2) is 61.4 Å². The molecule has 2 aromatic carbocycles. The lowest BCUT2D eigenvalue weighted by molar-refractivity contribution is 0.0538. The molecule has 3 heterocycles. The van der Waals surface area contributed by atoms with Crippen LogP contribution < -0.4 is 14.8 Å². The number of hydrogen-bond donors (Lipinski definition) is 1. The number of carbonyl (C=O) groups is 1. The average molecular weight is 518 g/mol. The molecule has 0 spiro atoms. The van der Waals surface area contributed by atoms with Crippen molar-refractivity contribution in [3.63, 3.8) is 0 Å². The Morgan fingerprint density at radius 3 is 2.71 bits per heavy atom. The van der Waals surface area contributed by atoms with Crippen LogP contribution in [0.2, 0.25) is 0 Å². The molecular formula is C31H39N3O4. The highest BCUT2D eigenvalue weighted by molar-refractivity contribution is 5.98. The lowest BCUT2D eigenvalue weighted by Crippen LogP contribution is -2.49. The van der Waals surface area contributed by atoms with E-state index in [0.29, 0.717) is 38.3 Å². The van der Waals surface area contributed by atoms with Gasteiger partial charge in [-0.15, -0.1) is 0 Å². The van der Waals surface area contributed by atoms with Crippen LogP contribution in [0.5, 0.6) is 11.5 Å². The van der Waals surface area contributed by atoms with Gasteiger partial charge in [-0.05, 0) is 79.8 Å². The second kappa shape index (κ2) is 12.0. The monoisotopic (exact) mass is 517 g/mol. The van der Waals surface area contributed by atoms with Crippen LogP contribution >= 0.6 is 0 Å². The molecule has 3 atom stereocenters. The number of benzene rings is 2. The summed E-state index contributed by atoms with van der Waals surface area (Å²) in [5, 5.41) is 2.89. The molecule has 5 rings (SSSR count). The number of nitrogens with one attached hydrogen (secondary N) is 1. The van der Waals surface area contributed by atoms with E-state index in [-0.39, 0.29) is 11.8 Å². The summed E-state index contributed by atoms with van der Waals surface area (Å²) < 4.78 is 19.7. The molecule has 3 aromatic rings. The zero-order valence-electron chi connectivity index (χ0n) is 22.7. The molecule has 2 aliphatic rings. The van der Waals surface area contributed by atoms with Gasteiger partial charge >= 0.3 is 0 Å². The van der Waals surface area contributed by atoms with Crippen LogP contribution in [0.25, 0.3) is 0 Å². The quantitative estimate of drug-likeness (QED) is 0.376. The molecule has 1 amide bonds. The molecule has 0 aliphatic carbocycles. The van der Waals surface area contributed by atoms with Gasteiger partial charge < -0.3 is 24.1 Å². The Bertz CT molecular complexity index is 1240. The lowest BCUT2D eigenvalue weighted by Gasteiger charge is -2.44. The standard InChI is InChI=1S/C31H39N3O4/c1-22-9-11-33(20-22)13-14-34-12-10-28(24-5-4-6-26(17-24)37-16-15-36-3)30(23(34)2)21-38-27-8-7-25-19-32-31(35)29(25)18-27/h4-9,11,17-18,20,23,28,30H,10,12-16,19,21H2,1-3H3,(H,32,35)/t23?,28?,30-/m1/s1. The molecule has 2 unspecified atom stereocenters. The molecule has 202 valence electrons. The largest absolute Gasteiger partial charge is 0.493 e. The molecule has 38 heavy (non-hydrogen) atoms. The number of piperidine rings is 1. The maximum Gasteiger partial charge on any atom is 0.252 e. The average Bonchev–Trinajstić information content (AvgIpc) is 3.52. The molecule has 1 aromatic heterocycles. The number of ether oxygens (including phenoxy) is 3. The second-order valence-electron chi connectivity index (χ2n) is 10.5. The number of carbonyl (C=O) groups excluding carboxylic acids is 1. The Hall–Kier alpha value is -3.29. The van der Waals surface area contributed by atoms with Crippen LogP contribution in [0.15, 0.2) is 60.9 Å². The highest BCUT2D eigenvalue weighted by atomic mass is 16.5. The minimum atomic E-state index is -0.0222. The zero-order chi connectivity index (χ0) is 26.5. The number of likely N-dealkylation sites (tertiary alicyclic amines) is 1. The van der Waals surface area contributed by atoms with E-state index in [9.17, 15) is 4.79 Å². The SMILES string of the molecule is COCCOc1cccc(C2CCN(CCn3ccc(C)c3)C(C)[C@H]2COc2ccc3c(c2)C(=O)NC3)c1. The molecule has 1 N–H and O–H groups in total. The van der Waals surface area contributed by atoms with Gasteiger partial charge in [-0.1, -0.05) is 18.2 Å². The van der Waals surface area contributed by atoms with Crippen molar-refractivity contribution in [2.45, 2.75) is 45.3 Å². The maximum absolute atomic E-state index is 12.2. The Balaban J connectivity index is 1.33. The molecule has 0 radical (unpaired) electrons. The first-order valence-electron chi connectivity index (χ1n) is 13.6. The van der Waals surface area contributed by atoms with Crippen LogP contribution in [-0.2, 0) is 17.8 Å². The molecule has 7 nitrogen and oxygen atoms in total. The number of amides is 1. The van der Waals surface area contributed by atoms with Crippen LogP contribution in [0.1, 0.15) is 46.3 Å². The topological polar surface area (TPSA) is 65.0 Å². The van der Waals surface area contributed by atoms with Gasteiger partial charge in [-0.25, -0.2) is 0 Å². The second-order valence-corrected chi connectivity index (χ2v) is 10.5. The van der Waals surface area contributed by atoms with Gasteiger partial charge in [0.05, 0.1) is 13.2 Å². The first-order valence-corrected chi connectivity index (χ1v) is 13.6. The third kappa shape index (κ3) is 6.05. The van der Waals surface area contributed by atoms with Crippen LogP contribution in [0, 0.1) is 12.8 Å². The smallest absolute Gasteiger partial charge is 0.252 e. The fourth-order valence-corrected chi connectivity index (χ4v) is 5.81. The van der Waals surface area contributed by atoms with E-state index >= 15 is 0 Å². The molecule has 2 aliphatic heterocycles. The van der Waals surface area contributed by atoms with Crippen molar-refractivity contribution in [1.82, 2.24) is 14.8 Å². The van der Waals surface area contributed by atoms with Crippen LogP contribution in [0.3, 0.4) is 0 Å². The summed E-state index contributed by atoms with van der Waals surface area (Å²) in [6.07, 6.45) is 5.42. The van der Waals surface area contributed by atoms with Crippen LogP contribution in [0.4, 0.5) is 0 Å². The summed E-state index contributed by atoms with van der Waals surface area (Å²) in [7, 11) is 1.68. The van der Waals surface area contributed by atoms with Gasteiger partial charge in [0.2, 0.25) is 0 Å². The summed E-state index contributed by atoms with van der Waals surface area (Å²) in [4.78, 5) is 14.8. The van der Waals surface area contributed by atoms with E-state index in [1.165, 1.54) is 11.1 Å². The molecule has 7 heteroatoms. The van der Waals surface area contributed by atoms with Crippen molar-refractivity contribution >= 4 is 5.91 Å². The Morgan fingerprint density at radius 1 is 1.03 bits per heavy atom. The van der Waals surface area contributed by atoms with E-state index < -0.39 is 0 Å². The molecule has 1 fully saturated rings. The lowest BCUT2D eigenvalue weighted by atomic mass is 9.76. The van der Waals surface area contributed by atoms with Gasteiger partial charge in [-0.2, -0.15) is 0 Å². The first-order chi connectivity index (χ1) is 18.5. The summed E-state index contributed by atoms with van der Waals surface area (Å²) >= 11 is 0. The normalized spacial score (nSPS) is 21.2. The molecular weight excluding hydrogens is 478 g/mol. The third-order valence-corrected chi connectivity index (χ3v) is 8.03. The molecule has 0 saturated carbocycles. The number of rotatable bonds is 11. The molecule has 0 bridgehead atoms. The van der Waals surface area contributed by atoms with Gasteiger partial charge in [-0.3, -0.25) is 9.69 Å². The summed E-state index contributed by atoms with van der Waals surface area (Å²) in [6.45, 7) is 9.74. The maximum atomic E-state index is 12.2.